The Morgan fingerprint density at radius 3 is 2.39 bits per heavy atom. The van der Waals surface area contributed by atoms with Crippen molar-refractivity contribution in [2.24, 2.45) is 0 Å². The van der Waals surface area contributed by atoms with Gasteiger partial charge in [0.05, 0.1) is 48.9 Å². The minimum atomic E-state index is -4.70. The van der Waals surface area contributed by atoms with Crippen LogP contribution < -0.4 is 20.9 Å². The van der Waals surface area contributed by atoms with Crippen LogP contribution in [-0.4, -0.2) is 124 Å². The Labute approximate surface area is 373 Å². The third-order valence-electron chi connectivity index (χ3n) is 11.0. The third kappa shape index (κ3) is 10.9. The summed E-state index contributed by atoms with van der Waals surface area (Å²) in [5.74, 6) is 0.981. The van der Waals surface area contributed by atoms with E-state index in [1.807, 2.05) is 65.3 Å². The van der Waals surface area contributed by atoms with Gasteiger partial charge in [-0.15, -0.1) is 0 Å². The van der Waals surface area contributed by atoms with Gasteiger partial charge in [0.25, 0.3) is 5.91 Å². The summed E-state index contributed by atoms with van der Waals surface area (Å²) in [4.78, 5) is 46.9. The van der Waals surface area contributed by atoms with Crippen molar-refractivity contribution >= 4 is 46.3 Å². The highest BCUT2D eigenvalue weighted by molar-refractivity contribution is 6.32. The van der Waals surface area contributed by atoms with E-state index in [2.05, 4.69) is 40.8 Å². The highest BCUT2D eigenvalue weighted by Gasteiger charge is 2.36. The highest BCUT2D eigenvalue weighted by Crippen LogP contribution is 2.35. The summed E-state index contributed by atoms with van der Waals surface area (Å²) in [6.45, 7) is 8.43. The number of alkyl halides is 3. The second kappa shape index (κ2) is 20.5. The molecule has 2 aliphatic heterocycles. The van der Waals surface area contributed by atoms with Gasteiger partial charge in [-0.05, 0) is 61.0 Å². The lowest BCUT2D eigenvalue weighted by molar-refractivity contribution is -0.138. The predicted molar refractivity (Wildman–Crippen MR) is 238 cm³/mol. The number of hydrogen-bond acceptors (Lipinski definition) is 14. The Kier molecular flexibility index (Phi) is 14.2. The van der Waals surface area contributed by atoms with Crippen molar-refractivity contribution in [3.8, 4) is 22.5 Å². The lowest BCUT2D eigenvalue weighted by Crippen LogP contribution is -2.56. The predicted octanol–water partition coefficient (Wildman–Crippen LogP) is 7.09. The van der Waals surface area contributed by atoms with Crippen LogP contribution in [0.5, 0.6) is 0 Å². The second-order valence-corrected chi connectivity index (χ2v) is 15.4. The number of hydrogen-bond donors (Lipinski definition) is 3. The smallest absolute Gasteiger partial charge is 0.379 e. The topological polar surface area (TPSA) is 159 Å². The van der Waals surface area contributed by atoms with Gasteiger partial charge in [-0.25, -0.2) is 29.9 Å². The molecule has 1 amide bonds. The first-order valence-electron chi connectivity index (χ1n) is 20.8. The average molecular weight is 895 g/mol. The van der Waals surface area contributed by atoms with Crippen LogP contribution in [-0.2, 0) is 15.7 Å². The van der Waals surface area contributed by atoms with E-state index in [9.17, 15) is 18.0 Å². The van der Waals surface area contributed by atoms with Crippen LogP contribution in [0.25, 0.3) is 22.5 Å². The molecule has 0 spiro atoms. The van der Waals surface area contributed by atoms with E-state index >= 15 is 0 Å². The zero-order valence-electron chi connectivity index (χ0n) is 34.9. The fraction of sp³-hybridized carbons (Fsp3) is 0.311. The Morgan fingerprint density at radius 1 is 0.828 bits per heavy atom. The molecule has 0 aliphatic carbocycles. The number of aromatic nitrogens is 6. The molecule has 6 aromatic rings. The van der Waals surface area contributed by atoms with Crippen molar-refractivity contribution < 1.29 is 27.4 Å². The molecule has 2 aliphatic rings. The number of carbonyl (C=O) groups excluding carboxylic acids is 1. The minimum absolute atomic E-state index is 0.0838. The Hall–Kier alpha value is -6.31. The number of nitrogens with zero attached hydrogens (tertiary/aromatic N) is 9. The molecule has 6 heterocycles. The summed E-state index contributed by atoms with van der Waals surface area (Å²) < 4.78 is 52.8. The Morgan fingerprint density at radius 2 is 1.58 bits per heavy atom. The lowest BCUT2D eigenvalue weighted by Gasteiger charge is -2.37. The minimum Gasteiger partial charge on any atom is -0.379 e. The molecule has 19 heteroatoms. The van der Waals surface area contributed by atoms with Gasteiger partial charge in [-0.3, -0.25) is 14.6 Å². The standard InChI is InChI=1S/C45H46ClF3N12O3/c1-30-10-11-31(24-36(30)57-43-34(8-5-13-52-43)37-25-39(55-28-53-37)50-14-15-59-18-21-63-22-19-59)61(40-26-38(54-29-56-40)33-7-4-12-51-42(33)46)17-16-60-20-23-64-27-41(60)58-44(62)32-6-2-3-9-35(32)45(47,48)49/h2-13,24-26,28-29,41H,14-23,27H2,1H3,(H,52,57)(H,58,62)(H,50,53,55). The molecule has 64 heavy (non-hydrogen) atoms. The number of carbonyl (C=O) groups is 1. The fourth-order valence-corrected chi connectivity index (χ4v) is 7.76. The van der Waals surface area contributed by atoms with Crippen molar-refractivity contribution in [1.29, 1.82) is 0 Å². The molecule has 2 fully saturated rings. The number of benzene rings is 2. The highest BCUT2D eigenvalue weighted by atomic mass is 35.5. The Balaban J connectivity index is 1.06. The quantitative estimate of drug-likeness (QED) is 0.0898. The van der Waals surface area contributed by atoms with Crippen LogP contribution in [0.1, 0.15) is 21.5 Å². The molecule has 332 valence electrons. The van der Waals surface area contributed by atoms with E-state index in [1.165, 1.54) is 30.9 Å². The number of rotatable bonds is 15. The number of nitrogens with one attached hydrogen (secondary N) is 3. The fourth-order valence-electron chi connectivity index (χ4n) is 7.54. The monoisotopic (exact) mass is 894 g/mol. The van der Waals surface area contributed by atoms with Crippen molar-refractivity contribution in [3.63, 3.8) is 0 Å². The summed E-state index contributed by atoms with van der Waals surface area (Å²) in [6.07, 6.45) is 0.894. The summed E-state index contributed by atoms with van der Waals surface area (Å²) in [7, 11) is 0. The van der Waals surface area contributed by atoms with Gasteiger partial charge in [0.2, 0.25) is 0 Å². The molecule has 0 bridgehead atoms. The van der Waals surface area contributed by atoms with E-state index in [0.717, 1.165) is 68.0 Å². The van der Waals surface area contributed by atoms with E-state index in [-0.39, 0.29) is 11.8 Å². The van der Waals surface area contributed by atoms with Gasteiger partial charge in [-0.2, -0.15) is 13.2 Å². The zero-order chi connectivity index (χ0) is 44.5. The summed E-state index contributed by atoms with van der Waals surface area (Å²) in [5, 5.41) is 10.0. The maximum Gasteiger partial charge on any atom is 0.417 e. The van der Waals surface area contributed by atoms with Gasteiger partial charge in [0, 0.05) is 92.8 Å². The maximum absolute atomic E-state index is 13.9. The number of ether oxygens (including phenoxy) is 2. The average Bonchev–Trinajstić information content (AvgIpc) is 3.31. The van der Waals surface area contributed by atoms with Crippen LogP contribution >= 0.6 is 11.6 Å². The summed E-state index contributed by atoms with van der Waals surface area (Å²) in [5.41, 5.74) is 3.63. The molecule has 0 radical (unpaired) electrons. The van der Waals surface area contributed by atoms with E-state index in [1.54, 1.807) is 18.5 Å². The second-order valence-electron chi connectivity index (χ2n) is 15.1. The van der Waals surface area contributed by atoms with Crippen LogP contribution in [0.3, 0.4) is 0 Å². The summed E-state index contributed by atoms with van der Waals surface area (Å²) >= 11 is 6.51. The number of halogens is 4. The lowest BCUT2D eigenvalue weighted by atomic mass is 10.1. The van der Waals surface area contributed by atoms with Gasteiger partial charge < -0.3 is 30.3 Å². The summed E-state index contributed by atoms with van der Waals surface area (Å²) in [6, 6.07) is 21.8. The Bertz CT molecular complexity index is 2550. The van der Waals surface area contributed by atoms with Gasteiger partial charge >= 0.3 is 6.18 Å². The van der Waals surface area contributed by atoms with E-state index < -0.39 is 29.4 Å². The maximum atomic E-state index is 13.9. The molecule has 4 aromatic heterocycles. The first kappa shape index (κ1) is 44.3. The van der Waals surface area contributed by atoms with Crippen molar-refractivity contribution in [2.75, 3.05) is 87.8 Å². The molecular weight excluding hydrogens is 849 g/mol. The largest absolute Gasteiger partial charge is 0.417 e. The molecule has 8 rings (SSSR count). The molecule has 1 atom stereocenters. The molecule has 15 nitrogen and oxygen atoms in total. The van der Waals surface area contributed by atoms with Gasteiger partial charge in [0.15, 0.2) is 0 Å². The molecule has 2 saturated heterocycles. The van der Waals surface area contributed by atoms with Gasteiger partial charge in [-0.1, -0.05) is 29.8 Å². The number of anilines is 5. The molecular formula is C45H46ClF3N12O3. The number of aryl methyl sites for hydroxylation is 1. The SMILES string of the molecule is Cc1ccc(N(CCN2CCOCC2NC(=O)c2ccccc2C(F)(F)F)c2cc(-c3cccnc3Cl)ncn2)cc1Nc1ncccc1-c1cc(NCCN2CCOCC2)ncn1. The number of pyridine rings is 2. The molecule has 2 aromatic carbocycles. The normalized spacial score (nSPS) is 16.0. The van der Waals surface area contributed by atoms with Crippen LogP contribution in [0, 0.1) is 6.92 Å². The van der Waals surface area contributed by atoms with E-state index in [0.29, 0.717) is 60.6 Å². The molecule has 1 unspecified atom stereocenters. The van der Waals surface area contributed by atoms with Crippen molar-refractivity contribution in [1.82, 2.24) is 45.0 Å². The van der Waals surface area contributed by atoms with Crippen molar-refractivity contribution in [2.45, 2.75) is 19.3 Å². The number of morpholine rings is 2. The molecule has 0 saturated carbocycles. The first-order valence-corrected chi connectivity index (χ1v) is 21.2. The van der Waals surface area contributed by atoms with Crippen molar-refractivity contribution in [3.05, 3.63) is 126 Å². The van der Waals surface area contributed by atoms with Crippen LogP contribution in [0.4, 0.5) is 42.0 Å². The zero-order valence-corrected chi connectivity index (χ0v) is 35.7. The first-order chi connectivity index (χ1) is 31.1. The number of amides is 1. The van der Waals surface area contributed by atoms with E-state index in [4.69, 9.17) is 31.0 Å². The molecule has 3 N–H and O–H groups in total. The van der Waals surface area contributed by atoms with Gasteiger partial charge in [0.1, 0.15) is 41.4 Å². The van der Waals surface area contributed by atoms with Crippen LogP contribution in [0.15, 0.2) is 104 Å². The third-order valence-corrected chi connectivity index (χ3v) is 11.3. The van der Waals surface area contributed by atoms with Crippen LogP contribution in [0.2, 0.25) is 5.15 Å².